The third-order valence-corrected chi connectivity index (χ3v) is 6.28. The van der Waals surface area contributed by atoms with Gasteiger partial charge in [0.2, 0.25) is 5.95 Å². The summed E-state index contributed by atoms with van der Waals surface area (Å²) < 4.78 is 10.8. The lowest BCUT2D eigenvalue weighted by Gasteiger charge is -2.20. The maximum absolute atomic E-state index is 11.2. The van der Waals surface area contributed by atoms with Crippen LogP contribution in [0.4, 0.5) is 10.7 Å². The monoisotopic (exact) mass is 428 g/mol. The molecule has 0 aliphatic carbocycles. The number of alkyl carbamates (subject to hydrolysis) is 1. The van der Waals surface area contributed by atoms with Crippen molar-refractivity contribution in [3.63, 3.8) is 0 Å². The van der Waals surface area contributed by atoms with E-state index in [4.69, 9.17) is 26.8 Å². The number of carbonyl (C=O) groups is 1. The van der Waals surface area contributed by atoms with E-state index in [1.54, 1.807) is 0 Å². The second-order valence-corrected chi connectivity index (χ2v) is 8.34. The fourth-order valence-electron chi connectivity index (χ4n) is 3.73. The molecule has 0 saturated carbocycles. The first-order valence-corrected chi connectivity index (χ1v) is 10.5. The number of anilines is 1. The van der Waals surface area contributed by atoms with Crippen LogP contribution in [0.5, 0.6) is 0 Å². The fraction of sp³-hybridized carbons (Fsp3) is 0.250. The van der Waals surface area contributed by atoms with Gasteiger partial charge in [0.15, 0.2) is 0 Å². The number of cyclic esters (lactones) is 1. The van der Waals surface area contributed by atoms with Gasteiger partial charge in [-0.3, -0.25) is 0 Å². The number of thioether (sulfide) groups is 1. The zero-order chi connectivity index (χ0) is 20.0. The number of nitrogens with zero attached hydrogens (tertiary/aromatic N) is 2. The molecule has 148 valence electrons. The van der Waals surface area contributed by atoms with Gasteiger partial charge < -0.3 is 20.5 Å². The molecular weight excluding hydrogens is 412 g/mol. The highest BCUT2D eigenvalue weighted by Gasteiger charge is 2.23. The summed E-state index contributed by atoms with van der Waals surface area (Å²) in [5.74, 6) is 0.746. The fourth-order valence-corrected chi connectivity index (χ4v) is 4.95. The number of nitrogens with one attached hydrogen (secondary N) is 1. The average Bonchev–Trinajstić information content (AvgIpc) is 3.11. The zero-order valence-corrected chi connectivity index (χ0v) is 16.8. The van der Waals surface area contributed by atoms with Crippen LogP contribution in [-0.4, -0.2) is 34.5 Å². The first kappa shape index (κ1) is 18.5. The number of hydrogen-bond donors (Lipinski definition) is 2. The Morgan fingerprint density at radius 2 is 2.10 bits per heavy atom. The number of hydrogen-bond acceptors (Lipinski definition) is 7. The van der Waals surface area contributed by atoms with E-state index < -0.39 is 6.09 Å². The summed E-state index contributed by atoms with van der Waals surface area (Å²) in [5, 5.41) is 6.13. The Bertz CT molecular complexity index is 1140. The molecule has 1 aromatic heterocycles. The first-order valence-electron chi connectivity index (χ1n) is 9.11. The van der Waals surface area contributed by atoms with Crippen LogP contribution in [0.1, 0.15) is 11.1 Å². The smallest absolute Gasteiger partial charge is 0.407 e. The van der Waals surface area contributed by atoms with E-state index in [-0.39, 0.29) is 12.1 Å². The third-order valence-electron chi connectivity index (χ3n) is 4.94. The Morgan fingerprint density at radius 3 is 2.93 bits per heavy atom. The molecule has 1 fully saturated rings. The predicted octanol–water partition coefficient (Wildman–Crippen LogP) is 3.76. The first-order chi connectivity index (χ1) is 14.1. The summed E-state index contributed by atoms with van der Waals surface area (Å²) in [6.07, 6.45) is -0.589. The summed E-state index contributed by atoms with van der Waals surface area (Å²) in [4.78, 5) is 20.0. The molecule has 29 heavy (non-hydrogen) atoms. The molecule has 0 spiro atoms. The van der Waals surface area contributed by atoms with E-state index in [0.717, 1.165) is 27.5 Å². The maximum atomic E-state index is 11.2. The molecule has 1 unspecified atom stereocenters. The van der Waals surface area contributed by atoms with Crippen LogP contribution in [0.15, 0.2) is 35.4 Å². The summed E-state index contributed by atoms with van der Waals surface area (Å²) in [6, 6.07) is 9.92. The maximum Gasteiger partial charge on any atom is 0.407 e. The normalized spacial score (nSPS) is 18.0. The van der Waals surface area contributed by atoms with E-state index in [0.29, 0.717) is 41.3 Å². The van der Waals surface area contributed by atoms with Gasteiger partial charge in [0.1, 0.15) is 11.1 Å². The third kappa shape index (κ3) is 3.48. The summed E-state index contributed by atoms with van der Waals surface area (Å²) >= 11 is 8.13. The summed E-state index contributed by atoms with van der Waals surface area (Å²) in [6.45, 7) is 1.60. The Morgan fingerprint density at radius 1 is 1.24 bits per heavy atom. The number of benzene rings is 2. The van der Waals surface area contributed by atoms with Gasteiger partial charge in [0.05, 0.1) is 30.5 Å². The lowest BCUT2D eigenvalue weighted by atomic mass is 9.93. The van der Waals surface area contributed by atoms with Gasteiger partial charge in [-0.2, -0.15) is 0 Å². The molecule has 2 aliphatic heterocycles. The van der Waals surface area contributed by atoms with E-state index in [2.05, 4.69) is 21.4 Å². The largest absolute Gasteiger partial charge is 0.443 e. The number of nitrogens with two attached hydrogens (primary N) is 1. The van der Waals surface area contributed by atoms with Crippen LogP contribution in [-0.2, 0) is 22.7 Å². The molecule has 9 heteroatoms. The second-order valence-electron chi connectivity index (χ2n) is 6.89. The van der Waals surface area contributed by atoms with Crippen molar-refractivity contribution in [2.45, 2.75) is 24.3 Å². The van der Waals surface area contributed by atoms with E-state index in [9.17, 15) is 4.79 Å². The van der Waals surface area contributed by atoms with Crippen LogP contribution >= 0.6 is 23.4 Å². The molecule has 3 heterocycles. The molecule has 0 bridgehead atoms. The minimum absolute atomic E-state index is 0.173. The molecule has 0 radical (unpaired) electrons. The Labute approximate surface area is 175 Å². The van der Waals surface area contributed by atoms with E-state index in [1.807, 2.05) is 24.3 Å². The van der Waals surface area contributed by atoms with E-state index >= 15 is 0 Å². The summed E-state index contributed by atoms with van der Waals surface area (Å²) in [7, 11) is 0. The van der Waals surface area contributed by atoms with Gasteiger partial charge in [-0.25, -0.2) is 14.8 Å². The number of ether oxygens (including phenoxy) is 2. The van der Waals surface area contributed by atoms with Gasteiger partial charge in [-0.05, 0) is 34.0 Å². The minimum atomic E-state index is -0.391. The van der Waals surface area contributed by atoms with Gasteiger partial charge in [0, 0.05) is 11.3 Å². The number of halogens is 1. The van der Waals surface area contributed by atoms with Crippen molar-refractivity contribution in [2.75, 3.05) is 18.0 Å². The molecule has 3 aromatic rings. The van der Waals surface area contributed by atoms with Crippen LogP contribution in [0, 0.1) is 0 Å². The van der Waals surface area contributed by atoms with Crippen molar-refractivity contribution in [3.05, 3.63) is 46.5 Å². The van der Waals surface area contributed by atoms with Crippen molar-refractivity contribution in [1.82, 2.24) is 15.3 Å². The van der Waals surface area contributed by atoms with Crippen LogP contribution in [0.25, 0.3) is 22.0 Å². The summed E-state index contributed by atoms with van der Waals surface area (Å²) in [5.41, 5.74) is 9.70. The zero-order valence-electron chi connectivity index (χ0n) is 15.3. The Balaban J connectivity index is 1.55. The number of carbonyl (C=O) groups excluding carboxylic acids is 1. The van der Waals surface area contributed by atoms with Gasteiger partial charge >= 0.3 is 6.09 Å². The van der Waals surface area contributed by atoms with Gasteiger partial charge in [-0.15, -0.1) is 11.8 Å². The molecule has 7 nitrogen and oxygen atoms in total. The second kappa shape index (κ2) is 7.37. The highest BCUT2D eigenvalue weighted by atomic mass is 35.5. The average molecular weight is 429 g/mol. The van der Waals surface area contributed by atoms with Crippen molar-refractivity contribution in [1.29, 1.82) is 0 Å². The van der Waals surface area contributed by atoms with Crippen molar-refractivity contribution in [2.24, 2.45) is 0 Å². The standard InChI is InChI=1S/C20H17ClN4O3S/c21-14-4-11-8-27-7-10-2-1-3-13(17(10)11)18(14)15-5-16(25-19(22)24-15)29-9-12-6-23-20(26)28-12/h1-5,12H,6-9H2,(H,23,26)(H2,22,24,25). The van der Waals surface area contributed by atoms with Crippen LogP contribution in [0.2, 0.25) is 5.02 Å². The van der Waals surface area contributed by atoms with Crippen molar-refractivity contribution < 1.29 is 14.3 Å². The molecule has 3 N–H and O–H groups in total. The Hall–Kier alpha value is -2.55. The number of rotatable bonds is 4. The minimum Gasteiger partial charge on any atom is -0.443 e. The number of amides is 1. The van der Waals surface area contributed by atoms with Gasteiger partial charge in [-0.1, -0.05) is 29.8 Å². The Kier molecular flexibility index (Phi) is 4.69. The van der Waals surface area contributed by atoms with Gasteiger partial charge in [0.25, 0.3) is 0 Å². The molecular formula is C20H17ClN4O3S. The van der Waals surface area contributed by atoms with E-state index in [1.165, 1.54) is 11.8 Å². The predicted molar refractivity (Wildman–Crippen MR) is 112 cm³/mol. The molecule has 5 rings (SSSR count). The molecule has 1 atom stereocenters. The highest BCUT2D eigenvalue weighted by Crippen LogP contribution is 2.40. The van der Waals surface area contributed by atoms with Crippen LogP contribution in [0.3, 0.4) is 0 Å². The topological polar surface area (TPSA) is 99.4 Å². The molecule has 2 aromatic carbocycles. The molecule has 2 aliphatic rings. The lowest BCUT2D eigenvalue weighted by Crippen LogP contribution is -2.16. The lowest BCUT2D eigenvalue weighted by molar-refractivity contribution is 0.103. The highest BCUT2D eigenvalue weighted by molar-refractivity contribution is 7.99. The number of aromatic nitrogens is 2. The SMILES string of the molecule is Nc1nc(SCC2CNC(=O)O2)cc(-c2c(Cl)cc3c4c(cccc24)COC3)n1. The molecule has 1 saturated heterocycles. The van der Waals surface area contributed by atoms with Crippen LogP contribution < -0.4 is 11.1 Å². The molecule has 1 amide bonds. The quantitative estimate of drug-likeness (QED) is 0.482. The van der Waals surface area contributed by atoms with Crippen molar-refractivity contribution >= 4 is 46.2 Å². The number of nitrogen functional groups attached to an aromatic ring is 1. The van der Waals surface area contributed by atoms with Crippen molar-refractivity contribution in [3.8, 4) is 11.3 Å².